The van der Waals surface area contributed by atoms with Crippen LogP contribution in [0.2, 0.25) is 0 Å². The second-order valence-electron chi connectivity index (χ2n) is 6.20. The number of hydrogen-bond donors (Lipinski definition) is 1. The fraction of sp³-hybridized carbons (Fsp3) is 0.353. The molecule has 1 aliphatic rings. The van der Waals surface area contributed by atoms with E-state index in [2.05, 4.69) is 20.1 Å². The number of fused-ring (bicyclic) bond motifs is 1. The molecule has 1 saturated heterocycles. The summed E-state index contributed by atoms with van der Waals surface area (Å²) in [7, 11) is 1.65. The van der Waals surface area contributed by atoms with Crippen molar-refractivity contribution in [3.8, 4) is 5.82 Å². The second kappa shape index (κ2) is 6.43. The highest BCUT2D eigenvalue weighted by Crippen LogP contribution is 2.33. The van der Waals surface area contributed by atoms with Crippen molar-refractivity contribution in [1.29, 1.82) is 0 Å². The van der Waals surface area contributed by atoms with Crippen molar-refractivity contribution >= 4 is 16.8 Å². The summed E-state index contributed by atoms with van der Waals surface area (Å²) in [5.74, 6) is 0.167. The normalized spacial score (nSPS) is 19.9. The fourth-order valence-corrected chi connectivity index (χ4v) is 3.15. The summed E-state index contributed by atoms with van der Waals surface area (Å²) in [4.78, 5) is 24.1. The Hall–Kier alpha value is -2.91. The van der Waals surface area contributed by atoms with Crippen LogP contribution in [-0.4, -0.2) is 51.0 Å². The van der Waals surface area contributed by atoms with Crippen molar-refractivity contribution in [3.63, 3.8) is 0 Å². The van der Waals surface area contributed by atoms with Gasteiger partial charge in [-0.25, -0.2) is 14.6 Å². The highest BCUT2D eigenvalue weighted by Gasteiger charge is 2.38. The van der Waals surface area contributed by atoms with Gasteiger partial charge in [0, 0.05) is 37.8 Å². The average molecular weight is 354 g/mol. The summed E-state index contributed by atoms with van der Waals surface area (Å²) in [6.45, 7) is 1.08. The van der Waals surface area contributed by atoms with Gasteiger partial charge in [-0.1, -0.05) is 0 Å². The third-order valence-corrected chi connectivity index (χ3v) is 4.58. The number of methoxy groups -OCH3 is 1. The smallest absolute Gasteiger partial charge is 0.223 e. The Bertz CT molecular complexity index is 964. The predicted octanol–water partition coefficient (Wildman–Crippen LogP) is 0.500. The van der Waals surface area contributed by atoms with Crippen molar-refractivity contribution in [2.24, 2.45) is 5.73 Å². The van der Waals surface area contributed by atoms with E-state index in [0.29, 0.717) is 24.7 Å². The largest absolute Gasteiger partial charge is 0.378 e. The van der Waals surface area contributed by atoms with Crippen LogP contribution in [0.5, 0.6) is 0 Å². The molecule has 0 aromatic carbocycles. The quantitative estimate of drug-likeness (QED) is 0.709. The molecule has 134 valence electrons. The van der Waals surface area contributed by atoms with Crippen molar-refractivity contribution in [1.82, 2.24) is 24.7 Å². The molecule has 1 amide bonds. The zero-order valence-corrected chi connectivity index (χ0v) is 14.3. The van der Waals surface area contributed by atoms with E-state index in [9.17, 15) is 4.79 Å². The number of aromatic nitrogens is 5. The number of pyridine rings is 1. The van der Waals surface area contributed by atoms with E-state index in [-0.39, 0.29) is 6.42 Å². The molecular formula is C17H18N6O3. The van der Waals surface area contributed by atoms with Crippen LogP contribution in [0.1, 0.15) is 17.8 Å². The minimum atomic E-state index is -0.570. The summed E-state index contributed by atoms with van der Waals surface area (Å²) in [5.41, 5.74) is 6.81. The Kier molecular flexibility index (Phi) is 4.09. The van der Waals surface area contributed by atoms with Gasteiger partial charge in [0.05, 0.1) is 36.1 Å². The molecule has 0 aliphatic carbocycles. The van der Waals surface area contributed by atoms with Crippen LogP contribution in [0.4, 0.5) is 0 Å². The molecule has 9 nitrogen and oxygen atoms in total. The summed E-state index contributed by atoms with van der Waals surface area (Å²) < 4.78 is 12.9. The molecule has 1 unspecified atom stereocenters. The molecule has 0 spiro atoms. The van der Waals surface area contributed by atoms with Crippen LogP contribution in [0.3, 0.4) is 0 Å². The SMILES string of the molecule is COC1(c2cc(-n3ncc4cnc(CC(N)=O)cc43)ncn2)CCOC1. The standard InChI is InChI=1S/C17H18N6O3/c1-25-17(2-3-26-9-17)14-6-16(21-10-20-14)23-13-4-12(5-15(18)24)19-7-11(13)8-22-23/h4,6-8,10H,2-3,5,9H2,1H3,(H2,18,24). The molecule has 4 rings (SSSR count). The Labute approximate surface area is 149 Å². The van der Waals surface area contributed by atoms with E-state index >= 15 is 0 Å². The number of amides is 1. The maximum Gasteiger partial charge on any atom is 0.223 e. The number of hydrogen-bond acceptors (Lipinski definition) is 7. The summed E-state index contributed by atoms with van der Waals surface area (Å²) in [6, 6.07) is 3.64. The highest BCUT2D eigenvalue weighted by atomic mass is 16.5. The monoisotopic (exact) mass is 354 g/mol. The number of primary amides is 1. The molecule has 26 heavy (non-hydrogen) atoms. The van der Waals surface area contributed by atoms with Gasteiger partial charge in [0.15, 0.2) is 5.82 Å². The molecule has 3 aromatic rings. The van der Waals surface area contributed by atoms with E-state index < -0.39 is 11.5 Å². The minimum Gasteiger partial charge on any atom is -0.378 e. The fourth-order valence-electron chi connectivity index (χ4n) is 3.15. The molecular weight excluding hydrogens is 336 g/mol. The van der Waals surface area contributed by atoms with Crippen LogP contribution in [0, 0.1) is 0 Å². The maximum absolute atomic E-state index is 11.2. The van der Waals surface area contributed by atoms with Gasteiger partial charge in [-0.3, -0.25) is 9.78 Å². The van der Waals surface area contributed by atoms with Crippen molar-refractivity contribution in [2.45, 2.75) is 18.4 Å². The van der Waals surface area contributed by atoms with E-state index in [1.165, 1.54) is 6.33 Å². The highest BCUT2D eigenvalue weighted by molar-refractivity contribution is 5.81. The van der Waals surface area contributed by atoms with Crippen LogP contribution in [0.25, 0.3) is 16.7 Å². The maximum atomic E-state index is 11.2. The first-order valence-corrected chi connectivity index (χ1v) is 8.18. The van der Waals surface area contributed by atoms with E-state index in [4.69, 9.17) is 15.2 Å². The van der Waals surface area contributed by atoms with Crippen LogP contribution in [-0.2, 0) is 26.3 Å². The molecule has 0 radical (unpaired) electrons. The van der Waals surface area contributed by atoms with Gasteiger partial charge in [0.1, 0.15) is 11.9 Å². The Morgan fingerprint density at radius 1 is 1.35 bits per heavy atom. The Balaban J connectivity index is 1.78. The van der Waals surface area contributed by atoms with Gasteiger partial charge >= 0.3 is 0 Å². The molecule has 2 N–H and O–H groups in total. The number of nitrogens with two attached hydrogens (primary N) is 1. The van der Waals surface area contributed by atoms with Crippen LogP contribution in [0.15, 0.2) is 30.9 Å². The Morgan fingerprint density at radius 3 is 2.96 bits per heavy atom. The first-order valence-electron chi connectivity index (χ1n) is 8.18. The lowest BCUT2D eigenvalue weighted by Crippen LogP contribution is -2.30. The lowest BCUT2D eigenvalue weighted by Gasteiger charge is -2.25. The minimum absolute atomic E-state index is 0.0697. The summed E-state index contributed by atoms with van der Waals surface area (Å²) >= 11 is 0. The first kappa shape index (κ1) is 16.6. The van der Waals surface area contributed by atoms with Gasteiger partial charge in [-0.15, -0.1) is 0 Å². The van der Waals surface area contributed by atoms with Gasteiger partial charge in [-0.2, -0.15) is 5.10 Å². The van der Waals surface area contributed by atoms with Gasteiger partial charge in [0.25, 0.3) is 0 Å². The first-order chi connectivity index (χ1) is 12.6. The topological polar surface area (TPSA) is 118 Å². The van der Waals surface area contributed by atoms with Gasteiger partial charge in [0.2, 0.25) is 5.91 Å². The molecule has 4 heterocycles. The van der Waals surface area contributed by atoms with Gasteiger partial charge in [-0.05, 0) is 6.07 Å². The summed E-state index contributed by atoms with van der Waals surface area (Å²) in [6.07, 6.45) is 5.65. The molecule has 1 atom stereocenters. The third kappa shape index (κ3) is 2.80. The average Bonchev–Trinajstić information content (AvgIpc) is 3.29. The third-order valence-electron chi connectivity index (χ3n) is 4.58. The number of nitrogens with zero attached hydrogens (tertiary/aromatic N) is 5. The van der Waals surface area contributed by atoms with Crippen molar-refractivity contribution < 1.29 is 14.3 Å². The van der Waals surface area contributed by atoms with E-state index in [1.54, 1.807) is 30.3 Å². The zero-order valence-electron chi connectivity index (χ0n) is 14.3. The number of rotatable bonds is 5. The van der Waals surface area contributed by atoms with E-state index in [1.807, 2.05) is 6.07 Å². The lowest BCUT2D eigenvalue weighted by atomic mass is 9.98. The lowest BCUT2D eigenvalue weighted by molar-refractivity contribution is -0.117. The molecule has 0 saturated carbocycles. The molecule has 3 aromatic heterocycles. The zero-order chi connectivity index (χ0) is 18.1. The van der Waals surface area contributed by atoms with Crippen molar-refractivity contribution in [3.05, 3.63) is 42.2 Å². The molecule has 1 aliphatic heterocycles. The number of carbonyl (C=O) groups excluding carboxylic acids is 1. The Morgan fingerprint density at radius 2 is 2.23 bits per heavy atom. The molecule has 1 fully saturated rings. The van der Waals surface area contributed by atoms with Crippen LogP contribution < -0.4 is 5.73 Å². The predicted molar refractivity (Wildman–Crippen MR) is 91.5 cm³/mol. The molecule has 9 heteroatoms. The number of carbonyl (C=O) groups is 1. The van der Waals surface area contributed by atoms with E-state index in [0.717, 1.165) is 23.0 Å². The molecule has 0 bridgehead atoms. The van der Waals surface area contributed by atoms with Gasteiger partial charge < -0.3 is 15.2 Å². The number of ether oxygens (including phenoxy) is 2. The summed E-state index contributed by atoms with van der Waals surface area (Å²) in [5, 5.41) is 5.24. The van der Waals surface area contributed by atoms with Crippen molar-refractivity contribution in [2.75, 3.05) is 20.3 Å². The second-order valence-corrected chi connectivity index (χ2v) is 6.20. The van der Waals surface area contributed by atoms with Crippen LogP contribution >= 0.6 is 0 Å².